The summed E-state index contributed by atoms with van der Waals surface area (Å²) in [5.74, 6) is 0.430. The highest BCUT2D eigenvalue weighted by Gasteiger charge is 2.19. The summed E-state index contributed by atoms with van der Waals surface area (Å²) in [5, 5.41) is 11.2. The summed E-state index contributed by atoms with van der Waals surface area (Å²) in [6, 6.07) is 13.7. The van der Waals surface area contributed by atoms with Crippen molar-refractivity contribution in [1.29, 1.82) is 0 Å². The van der Waals surface area contributed by atoms with Crippen LogP contribution in [0.2, 0.25) is 10.0 Å². The lowest BCUT2D eigenvalue weighted by molar-refractivity contribution is 0.0638. The molecule has 0 saturated carbocycles. The number of hydrogen-bond donors (Lipinski definition) is 1. The molecule has 0 saturated heterocycles. The summed E-state index contributed by atoms with van der Waals surface area (Å²) in [6.45, 7) is 2.54. The van der Waals surface area contributed by atoms with Gasteiger partial charge in [-0.3, -0.25) is 4.90 Å². The number of aliphatic hydroxyl groups is 1. The second-order valence-electron chi connectivity index (χ2n) is 5.77. The van der Waals surface area contributed by atoms with Gasteiger partial charge in [-0.25, -0.2) is 0 Å². The Kier molecular flexibility index (Phi) is 5.44. The molecule has 0 aliphatic carbocycles. The van der Waals surface area contributed by atoms with Crippen LogP contribution in [0.5, 0.6) is 5.75 Å². The Morgan fingerprint density at radius 2 is 1.74 bits per heavy atom. The van der Waals surface area contributed by atoms with Gasteiger partial charge in [-0.2, -0.15) is 0 Å². The first-order valence-corrected chi connectivity index (χ1v) is 8.43. The Balaban J connectivity index is 1.53. The molecule has 3 rings (SSSR count). The lowest BCUT2D eigenvalue weighted by Gasteiger charge is -2.30. The standard InChI is InChI=1S/C18H19Cl2NO2/c19-16-6-3-7-17(20)18(16)23-12-15(22)11-21-9-8-13-4-1-2-5-14(13)10-21/h1-7,15,22H,8-12H2. The molecule has 0 spiro atoms. The van der Waals surface area contributed by atoms with Crippen LogP contribution >= 0.6 is 23.2 Å². The van der Waals surface area contributed by atoms with E-state index in [1.807, 2.05) is 0 Å². The predicted octanol–water partition coefficient (Wildman–Crippen LogP) is 3.79. The number of hydrogen-bond acceptors (Lipinski definition) is 3. The molecule has 2 aromatic carbocycles. The molecule has 1 heterocycles. The quantitative estimate of drug-likeness (QED) is 0.889. The Hall–Kier alpha value is -1.26. The van der Waals surface area contributed by atoms with Crippen molar-refractivity contribution in [2.24, 2.45) is 0 Å². The zero-order valence-corrected chi connectivity index (χ0v) is 14.2. The van der Waals surface area contributed by atoms with E-state index >= 15 is 0 Å². The Labute approximate surface area is 146 Å². The molecule has 23 heavy (non-hydrogen) atoms. The van der Waals surface area contributed by atoms with Gasteiger partial charge in [0.25, 0.3) is 0 Å². The molecule has 0 aromatic heterocycles. The predicted molar refractivity (Wildman–Crippen MR) is 93.4 cm³/mol. The van der Waals surface area contributed by atoms with Gasteiger partial charge in [-0.15, -0.1) is 0 Å². The van der Waals surface area contributed by atoms with Crippen LogP contribution < -0.4 is 4.74 Å². The molecule has 5 heteroatoms. The van der Waals surface area contributed by atoms with E-state index < -0.39 is 6.10 Å². The van der Waals surface area contributed by atoms with Gasteiger partial charge in [0.2, 0.25) is 0 Å². The molecule has 0 radical (unpaired) electrons. The van der Waals surface area contributed by atoms with Gasteiger partial charge < -0.3 is 9.84 Å². The summed E-state index contributed by atoms with van der Waals surface area (Å²) in [4.78, 5) is 2.24. The molecule has 1 aliphatic rings. The van der Waals surface area contributed by atoms with E-state index in [2.05, 4.69) is 29.2 Å². The fourth-order valence-electron chi connectivity index (χ4n) is 2.86. The van der Waals surface area contributed by atoms with Crippen LogP contribution in [0, 0.1) is 0 Å². The smallest absolute Gasteiger partial charge is 0.156 e. The summed E-state index contributed by atoms with van der Waals surface area (Å²) >= 11 is 12.1. The Morgan fingerprint density at radius 1 is 1.04 bits per heavy atom. The van der Waals surface area contributed by atoms with Crippen molar-refractivity contribution in [3.05, 3.63) is 63.6 Å². The number of aliphatic hydroxyl groups excluding tert-OH is 1. The molecule has 0 fully saturated rings. The minimum absolute atomic E-state index is 0.168. The first-order valence-electron chi connectivity index (χ1n) is 7.67. The van der Waals surface area contributed by atoms with Gasteiger partial charge in [0, 0.05) is 19.6 Å². The maximum atomic E-state index is 10.2. The lowest BCUT2D eigenvalue weighted by Crippen LogP contribution is -2.38. The number of benzene rings is 2. The van der Waals surface area contributed by atoms with Crippen LogP contribution in [0.3, 0.4) is 0 Å². The minimum Gasteiger partial charge on any atom is -0.488 e. The van der Waals surface area contributed by atoms with E-state index in [0.29, 0.717) is 22.3 Å². The first kappa shape index (κ1) is 16.6. The van der Waals surface area contributed by atoms with Crippen LogP contribution in [-0.4, -0.2) is 35.8 Å². The lowest BCUT2D eigenvalue weighted by atomic mass is 10.00. The van der Waals surface area contributed by atoms with Gasteiger partial charge in [0.1, 0.15) is 12.7 Å². The maximum absolute atomic E-state index is 10.2. The van der Waals surface area contributed by atoms with Crippen LogP contribution in [-0.2, 0) is 13.0 Å². The SMILES string of the molecule is OC(COc1c(Cl)cccc1Cl)CN1CCc2ccccc2C1. The number of nitrogens with zero attached hydrogens (tertiary/aromatic N) is 1. The number of halogens is 2. The van der Waals surface area contributed by atoms with Crippen LogP contribution in [0.25, 0.3) is 0 Å². The largest absolute Gasteiger partial charge is 0.488 e. The van der Waals surface area contributed by atoms with Crippen molar-refractivity contribution < 1.29 is 9.84 Å². The van der Waals surface area contributed by atoms with Crippen LogP contribution in [0.1, 0.15) is 11.1 Å². The molecule has 0 bridgehead atoms. The summed E-state index contributed by atoms with van der Waals surface area (Å²) < 4.78 is 5.60. The average molecular weight is 352 g/mol. The van der Waals surface area contributed by atoms with Crippen LogP contribution in [0.4, 0.5) is 0 Å². The third-order valence-corrected chi connectivity index (χ3v) is 4.61. The number of β-amino-alcohol motifs (C(OH)–C–C–N with tert-alkyl or cyclic N) is 1. The highest BCUT2D eigenvalue weighted by Crippen LogP contribution is 2.32. The molecule has 2 aromatic rings. The molecule has 1 aliphatic heterocycles. The van der Waals surface area contributed by atoms with E-state index in [4.69, 9.17) is 27.9 Å². The molecule has 1 N–H and O–H groups in total. The van der Waals surface area contributed by atoms with Crippen molar-refractivity contribution in [1.82, 2.24) is 4.90 Å². The normalized spacial score (nSPS) is 16.0. The first-order chi connectivity index (χ1) is 11.1. The van der Waals surface area contributed by atoms with E-state index in [1.54, 1.807) is 18.2 Å². The van der Waals surface area contributed by atoms with Crippen molar-refractivity contribution in [2.75, 3.05) is 19.7 Å². The molecule has 122 valence electrons. The maximum Gasteiger partial charge on any atom is 0.156 e. The summed E-state index contributed by atoms with van der Waals surface area (Å²) in [7, 11) is 0. The number of ether oxygens (including phenoxy) is 1. The van der Waals surface area contributed by atoms with Gasteiger partial charge in [-0.05, 0) is 29.7 Å². The topological polar surface area (TPSA) is 32.7 Å². The molecule has 1 unspecified atom stereocenters. The second-order valence-corrected chi connectivity index (χ2v) is 6.58. The van der Waals surface area contributed by atoms with Gasteiger partial charge >= 0.3 is 0 Å². The monoisotopic (exact) mass is 351 g/mol. The van der Waals surface area contributed by atoms with Crippen LogP contribution in [0.15, 0.2) is 42.5 Å². The van der Waals surface area contributed by atoms with E-state index in [9.17, 15) is 5.11 Å². The zero-order chi connectivity index (χ0) is 16.2. The third kappa shape index (κ3) is 4.18. The van der Waals surface area contributed by atoms with Crippen molar-refractivity contribution >= 4 is 23.2 Å². The fourth-order valence-corrected chi connectivity index (χ4v) is 3.37. The Bertz CT molecular complexity index is 658. The second kappa shape index (κ2) is 7.54. The van der Waals surface area contributed by atoms with Gasteiger partial charge in [-0.1, -0.05) is 53.5 Å². The third-order valence-electron chi connectivity index (χ3n) is 4.02. The van der Waals surface area contributed by atoms with E-state index in [0.717, 1.165) is 19.5 Å². The molecular weight excluding hydrogens is 333 g/mol. The zero-order valence-electron chi connectivity index (χ0n) is 12.7. The molecule has 0 amide bonds. The van der Waals surface area contributed by atoms with E-state index in [-0.39, 0.29) is 6.61 Å². The number of para-hydroxylation sites is 1. The summed E-state index contributed by atoms with van der Waals surface area (Å²) in [6.07, 6.45) is 0.424. The summed E-state index contributed by atoms with van der Waals surface area (Å²) in [5.41, 5.74) is 2.73. The number of rotatable bonds is 5. The molecule has 3 nitrogen and oxygen atoms in total. The van der Waals surface area contributed by atoms with Gasteiger partial charge in [0.15, 0.2) is 5.75 Å². The van der Waals surface area contributed by atoms with E-state index in [1.165, 1.54) is 11.1 Å². The van der Waals surface area contributed by atoms with Crippen molar-refractivity contribution in [3.63, 3.8) is 0 Å². The highest BCUT2D eigenvalue weighted by atomic mass is 35.5. The van der Waals surface area contributed by atoms with Crippen molar-refractivity contribution in [2.45, 2.75) is 19.1 Å². The average Bonchev–Trinajstić information content (AvgIpc) is 2.54. The Morgan fingerprint density at radius 3 is 2.48 bits per heavy atom. The highest BCUT2D eigenvalue weighted by molar-refractivity contribution is 6.37. The molecular formula is C18H19Cl2NO2. The minimum atomic E-state index is -0.590. The fraction of sp³-hybridized carbons (Fsp3) is 0.333. The van der Waals surface area contributed by atoms with Crippen molar-refractivity contribution in [3.8, 4) is 5.75 Å². The molecule has 1 atom stereocenters. The number of fused-ring (bicyclic) bond motifs is 1. The van der Waals surface area contributed by atoms with Gasteiger partial charge in [0.05, 0.1) is 10.0 Å².